The Morgan fingerprint density at radius 2 is 1.96 bits per heavy atom. The van der Waals surface area contributed by atoms with Gasteiger partial charge in [0, 0.05) is 17.3 Å². The number of aliphatic carboxylic acids is 1. The zero-order valence-corrected chi connectivity index (χ0v) is 14.0. The molecule has 1 aromatic carbocycles. The van der Waals surface area contributed by atoms with Crippen molar-refractivity contribution in [3.63, 3.8) is 0 Å². The highest BCUT2D eigenvalue weighted by atomic mass is 32.2. The Hall–Kier alpha value is -3.18. The standard InChI is InChI=1S/C17H13N3O4S/c1-11-15(9-16(21)22)14-3-2-8-19-17(14)20(11)25(23,24)13-6-4-12(10-18)5-7-13/h2-8H,9H2,1H3,(H,21,22). The molecule has 25 heavy (non-hydrogen) atoms. The van der Waals surface area contributed by atoms with Crippen LogP contribution in [0.3, 0.4) is 0 Å². The number of rotatable bonds is 4. The van der Waals surface area contributed by atoms with Gasteiger partial charge in [0.1, 0.15) is 0 Å². The first-order chi connectivity index (χ1) is 11.9. The molecule has 8 heteroatoms. The molecule has 7 nitrogen and oxygen atoms in total. The van der Waals surface area contributed by atoms with Crippen LogP contribution in [0, 0.1) is 18.3 Å². The molecule has 0 aliphatic rings. The van der Waals surface area contributed by atoms with Gasteiger partial charge in [-0.15, -0.1) is 0 Å². The molecule has 0 unspecified atom stereocenters. The summed E-state index contributed by atoms with van der Waals surface area (Å²) in [5.41, 5.74) is 1.24. The van der Waals surface area contributed by atoms with Gasteiger partial charge < -0.3 is 5.11 Å². The topological polar surface area (TPSA) is 113 Å². The van der Waals surface area contributed by atoms with Gasteiger partial charge in [0.2, 0.25) is 0 Å². The summed E-state index contributed by atoms with van der Waals surface area (Å²) in [4.78, 5) is 15.3. The van der Waals surface area contributed by atoms with Crippen LogP contribution in [0.4, 0.5) is 0 Å². The molecule has 0 spiro atoms. The second-order valence-electron chi connectivity index (χ2n) is 5.41. The molecule has 1 N–H and O–H groups in total. The summed E-state index contributed by atoms with van der Waals surface area (Å²) >= 11 is 0. The normalized spacial score (nSPS) is 11.4. The van der Waals surface area contributed by atoms with Gasteiger partial charge in [-0.05, 0) is 48.9 Å². The van der Waals surface area contributed by atoms with Crippen molar-refractivity contribution >= 4 is 27.0 Å². The molecule has 0 saturated carbocycles. The van der Waals surface area contributed by atoms with Gasteiger partial charge >= 0.3 is 5.97 Å². The van der Waals surface area contributed by atoms with E-state index in [2.05, 4.69) is 4.98 Å². The van der Waals surface area contributed by atoms with Crippen LogP contribution in [0.15, 0.2) is 47.5 Å². The summed E-state index contributed by atoms with van der Waals surface area (Å²) in [6, 6.07) is 10.7. The zero-order valence-electron chi connectivity index (χ0n) is 13.2. The first kappa shape index (κ1) is 16.7. The van der Waals surface area contributed by atoms with Crippen molar-refractivity contribution < 1.29 is 18.3 Å². The molecule has 0 bridgehead atoms. The molecule has 0 aliphatic carbocycles. The van der Waals surface area contributed by atoms with Gasteiger partial charge in [-0.25, -0.2) is 17.4 Å². The first-order valence-corrected chi connectivity index (χ1v) is 8.72. The number of carbonyl (C=O) groups is 1. The van der Waals surface area contributed by atoms with Gasteiger partial charge in [-0.2, -0.15) is 5.26 Å². The van der Waals surface area contributed by atoms with Crippen LogP contribution in [0.5, 0.6) is 0 Å². The minimum Gasteiger partial charge on any atom is -0.481 e. The Labute approximate surface area is 143 Å². The molecule has 2 aromatic heterocycles. The SMILES string of the molecule is Cc1c(CC(=O)O)c2cccnc2n1S(=O)(=O)c1ccc(C#N)cc1. The van der Waals surface area contributed by atoms with Crippen LogP contribution >= 0.6 is 0 Å². The summed E-state index contributed by atoms with van der Waals surface area (Å²) in [5, 5.41) is 18.5. The fourth-order valence-electron chi connectivity index (χ4n) is 2.75. The number of pyridine rings is 1. The summed E-state index contributed by atoms with van der Waals surface area (Å²) < 4.78 is 27.2. The quantitative estimate of drug-likeness (QED) is 0.766. The van der Waals surface area contributed by atoms with Crippen LogP contribution < -0.4 is 0 Å². The number of hydrogen-bond donors (Lipinski definition) is 1. The van der Waals surface area contributed by atoms with E-state index >= 15 is 0 Å². The second kappa shape index (κ2) is 6.03. The molecule has 0 radical (unpaired) electrons. The molecule has 0 aliphatic heterocycles. The Morgan fingerprint density at radius 1 is 1.28 bits per heavy atom. The third-order valence-corrected chi connectivity index (χ3v) is 5.69. The number of carboxylic acids is 1. The van der Waals surface area contributed by atoms with Crippen LogP contribution in [-0.2, 0) is 21.2 Å². The molecule has 3 aromatic rings. The van der Waals surface area contributed by atoms with Gasteiger partial charge in [-0.1, -0.05) is 0 Å². The van der Waals surface area contributed by atoms with Crippen LogP contribution in [0.25, 0.3) is 11.0 Å². The molecule has 126 valence electrons. The van der Waals surface area contributed by atoms with E-state index in [-0.39, 0.29) is 17.0 Å². The van der Waals surface area contributed by atoms with Crippen LogP contribution in [-0.4, -0.2) is 28.5 Å². The van der Waals surface area contributed by atoms with Crippen molar-refractivity contribution in [1.29, 1.82) is 5.26 Å². The minimum atomic E-state index is -3.98. The monoisotopic (exact) mass is 355 g/mol. The second-order valence-corrected chi connectivity index (χ2v) is 7.20. The number of carboxylic acid groups (broad SMARTS) is 1. The third kappa shape index (κ3) is 2.75. The van der Waals surface area contributed by atoms with Crippen LogP contribution in [0.1, 0.15) is 16.8 Å². The van der Waals surface area contributed by atoms with Crippen molar-refractivity contribution in [3.05, 3.63) is 59.4 Å². The lowest BCUT2D eigenvalue weighted by atomic mass is 10.1. The Kier molecular flexibility index (Phi) is 4.02. The smallest absolute Gasteiger partial charge is 0.307 e. The summed E-state index contributed by atoms with van der Waals surface area (Å²) in [6.07, 6.45) is 1.15. The number of nitriles is 1. The average Bonchev–Trinajstić information content (AvgIpc) is 2.87. The van der Waals surface area contributed by atoms with Gasteiger partial charge in [0.25, 0.3) is 10.0 Å². The van der Waals surface area contributed by atoms with E-state index in [1.54, 1.807) is 19.1 Å². The molecule has 0 amide bonds. The predicted molar refractivity (Wildman–Crippen MR) is 89.6 cm³/mol. The van der Waals surface area contributed by atoms with Crippen molar-refractivity contribution in [3.8, 4) is 6.07 Å². The highest BCUT2D eigenvalue weighted by Crippen LogP contribution is 2.29. The average molecular weight is 355 g/mol. The number of aromatic nitrogens is 2. The van der Waals surface area contributed by atoms with Gasteiger partial charge in [-0.3, -0.25) is 4.79 Å². The molecular weight excluding hydrogens is 342 g/mol. The van der Waals surface area contributed by atoms with E-state index in [0.29, 0.717) is 22.2 Å². The Bertz CT molecular complexity index is 1120. The van der Waals surface area contributed by atoms with Gasteiger partial charge in [0.05, 0.1) is 22.9 Å². The molecule has 0 atom stereocenters. The molecular formula is C17H13N3O4S. The Morgan fingerprint density at radius 3 is 2.56 bits per heavy atom. The fourth-order valence-corrected chi connectivity index (χ4v) is 4.28. The lowest BCUT2D eigenvalue weighted by Gasteiger charge is -2.09. The summed E-state index contributed by atoms with van der Waals surface area (Å²) in [7, 11) is -3.98. The molecule has 0 saturated heterocycles. The van der Waals surface area contributed by atoms with Gasteiger partial charge in [0.15, 0.2) is 5.65 Å². The van der Waals surface area contributed by atoms with Crippen molar-refractivity contribution in [1.82, 2.24) is 8.96 Å². The van der Waals surface area contributed by atoms with E-state index in [4.69, 9.17) is 10.4 Å². The largest absolute Gasteiger partial charge is 0.481 e. The highest BCUT2D eigenvalue weighted by molar-refractivity contribution is 7.90. The van der Waals surface area contributed by atoms with Crippen molar-refractivity contribution in [2.75, 3.05) is 0 Å². The lowest BCUT2D eigenvalue weighted by molar-refractivity contribution is -0.136. The molecule has 0 fully saturated rings. The number of benzene rings is 1. The fraction of sp³-hybridized carbons (Fsp3) is 0.118. The van der Waals surface area contributed by atoms with Crippen LogP contribution in [0.2, 0.25) is 0 Å². The minimum absolute atomic E-state index is 0.000900. The number of hydrogen-bond acceptors (Lipinski definition) is 5. The van der Waals surface area contributed by atoms with E-state index in [1.165, 1.54) is 30.5 Å². The zero-order chi connectivity index (χ0) is 18.2. The molecule has 2 heterocycles. The Balaban J connectivity index is 2.29. The van der Waals surface area contributed by atoms with E-state index in [0.717, 1.165) is 3.97 Å². The maximum absolute atomic E-state index is 13.1. The highest BCUT2D eigenvalue weighted by Gasteiger charge is 2.26. The summed E-state index contributed by atoms with van der Waals surface area (Å²) in [6.45, 7) is 1.56. The lowest BCUT2D eigenvalue weighted by Crippen LogP contribution is -2.15. The number of nitrogens with zero attached hydrogens (tertiary/aromatic N) is 3. The number of fused-ring (bicyclic) bond motifs is 1. The van der Waals surface area contributed by atoms with E-state index in [1.807, 2.05) is 6.07 Å². The van der Waals surface area contributed by atoms with E-state index < -0.39 is 16.0 Å². The maximum atomic E-state index is 13.1. The van der Waals surface area contributed by atoms with E-state index in [9.17, 15) is 13.2 Å². The third-order valence-electron chi connectivity index (χ3n) is 3.90. The van der Waals surface area contributed by atoms with Crippen molar-refractivity contribution in [2.45, 2.75) is 18.2 Å². The maximum Gasteiger partial charge on any atom is 0.307 e. The summed E-state index contributed by atoms with van der Waals surface area (Å²) in [5.74, 6) is -1.05. The molecule has 3 rings (SSSR count). The predicted octanol–water partition coefficient (Wildman–Crippen LogP) is 2.08. The first-order valence-electron chi connectivity index (χ1n) is 7.28. The van der Waals surface area contributed by atoms with Crippen molar-refractivity contribution in [2.24, 2.45) is 0 Å².